The van der Waals surface area contributed by atoms with E-state index in [1.54, 1.807) is 19.0 Å². The van der Waals surface area contributed by atoms with Crippen LogP contribution in [0.15, 0.2) is 4.99 Å². The minimum absolute atomic E-state index is 0.322. The Bertz CT molecular complexity index is 240. The third-order valence-corrected chi connectivity index (χ3v) is 2.45. The Morgan fingerprint density at radius 1 is 1.50 bits per heavy atom. The molecule has 0 aliphatic rings. The van der Waals surface area contributed by atoms with E-state index in [2.05, 4.69) is 9.73 Å². The fourth-order valence-corrected chi connectivity index (χ4v) is 0.712. The van der Waals surface area contributed by atoms with Gasteiger partial charge in [0.2, 0.25) is 3.79 Å². The van der Waals surface area contributed by atoms with Crippen LogP contribution < -0.4 is 0 Å². The lowest BCUT2D eigenvalue weighted by atomic mass is 10.8. The van der Waals surface area contributed by atoms with E-state index in [0.29, 0.717) is 3.84 Å². The highest BCUT2D eigenvalue weighted by atomic mass is 127. The van der Waals surface area contributed by atoms with Crippen LogP contribution in [0.25, 0.3) is 0 Å². The van der Waals surface area contributed by atoms with E-state index >= 15 is 0 Å². The van der Waals surface area contributed by atoms with Crippen molar-refractivity contribution in [2.75, 3.05) is 20.7 Å². The number of aliphatic imine (C=N–C) groups is 1. The van der Waals surface area contributed by atoms with Crippen molar-refractivity contribution in [3.8, 4) is 0 Å². The molecule has 0 saturated carbocycles. The Hall–Kier alpha value is 0.540. The van der Waals surface area contributed by atoms with Gasteiger partial charge in [0.05, 0.1) is 0 Å². The standard InChI is InChI=1S/C6H8Cl3IN2O2/c1-12(2)4(10)11-5(13)14-3-6(7,8)9/h3H2,1-2H3. The van der Waals surface area contributed by atoms with Gasteiger partial charge < -0.3 is 9.64 Å². The highest BCUT2D eigenvalue weighted by Crippen LogP contribution is 2.26. The molecule has 0 bridgehead atoms. The van der Waals surface area contributed by atoms with Gasteiger partial charge in [-0.2, -0.15) is 4.99 Å². The summed E-state index contributed by atoms with van der Waals surface area (Å²) in [6, 6.07) is 0. The van der Waals surface area contributed by atoms with E-state index in [0.717, 1.165) is 0 Å². The van der Waals surface area contributed by atoms with Crippen LogP contribution in [-0.4, -0.2) is 39.3 Å². The second kappa shape index (κ2) is 6.19. The molecular weight excluding hydrogens is 365 g/mol. The molecule has 0 rings (SSSR count). The first kappa shape index (κ1) is 14.5. The number of carbonyl (C=O) groups excluding carboxylic acids is 1. The summed E-state index contributed by atoms with van der Waals surface area (Å²) in [5.41, 5.74) is 0. The summed E-state index contributed by atoms with van der Waals surface area (Å²) in [5, 5.41) is 0. The van der Waals surface area contributed by atoms with Crippen molar-refractivity contribution < 1.29 is 9.53 Å². The summed E-state index contributed by atoms with van der Waals surface area (Å²) >= 11 is 18.0. The van der Waals surface area contributed by atoms with E-state index < -0.39 is 9.89 Å². The van der Waals surface area contributed by atoms with Crippen molar-refractivity contribution in [2.45, 2.75) is 3.79 Å². The van der Waals surface area contributed by atoms with Crippen molar-refractivity contribution in [1.29, 1.82) is 0 Å². The third kappa shape index (κ3) is 7.90. The number of nitrogens with zero attached hydrogens (tertiary/aromatic N) is 2. The molecule has 0 aromatic carbocycles. The molecule has 0 unspecified atom stereocenters. The summed E-state index contributed by atoms with van der Waals surface area (Å²) in [7, 11) is 3.49. The maximum absolute atomic E-state index is 11.0. The number of halogens is 4. The predicted octanol–water partition coefficient (Wildman–Crippen LogP) is 2.85. The van der Waals surface area contributed by atoms with Crippen LogP contribution in [0.1, 0.15) is 0 Å². The van der Waals surface area contributed by atoms with Gasteiger partial charge in [-0.1, -0.05) is 34.8 Å². The Labute approximate surface area is 111 Å². The zero-order chi connectivity index (χ0) is 11.4. The van der Waals surface area contributed by atoms with Gasteiger partial charge in [0.15, 0.2) is 3.84 Å². The van der Waals surface area contributed by atoms with Crippen LogP contribution in [0.3, 0.4) is 0 Å². The van der Waals surface area contributed by atoms with E-state index in [9.17, 15) is 4.79 Å². The first-order valence-corrected chi connectivity index (χ1v) is 5.58. The monoisotopic (exact) mass is 372 g/mol. The number of carbonyl (C=O) groups is 1. The highest BCUT2D eigenvalue weighted by Gasteiger charge is 2.22. The van der Waals surface area contributed by atoms with Gasteiger partial charge in [-0.05, 0) is 22.6 Å². The van der Waals surface area contributed by atoms with Crippen LogP contribution in [0, 0.1) is 0 Å². The number of hydrogen-bond acceptors (Lipinski definition) is 2. The highest BCUT2D eigenvalue weighted by molar-refractivity contribution is 14.1. The zero-order valence-corrected chi connectivity index (χ0v) is 11.9. The lowest BCUT2D eigenvalue weighted by Gasteiger charge is -2.11. The van der Waals surface area contributed by atoms with Gasteiger partial charge in [-0.3, -0.25) is 0 Å². The molecule has 4 nitrogen and oxygen atoms in total. The molecule has 0 heterocycles. The lowest BCUT2D eigenvalue weighted by Crippen LogP contribution is -2.19. The smallest absolute Gasteiger partial charge is 0.436 e. The summed E-state index contributed by atoms with van der Waals surface area (Å²) in [6.45, 7) is -0.322. The Morgan fingerprint density at radius 2 is 2.00 bits per heavy atom. The Balaban J connectivity index is 4.06. The minimum atomic E-state index is -1.60. The van der Waals surface area contributed by atoms with Crippen molar-refractivity contribution in [1.82, 2.24) is 4.90 Å². The quantitative estimate of drug-likeness (QED) is 0.233. The fourth-order valence-electron chi connectivity index (χ4n) is 0.351. The number of hydrogen-bond donors (Lipinski definition) is 0. The fraction of sp³-hybridized carbons (Fsp3) is 0.667. The first-order chi connectivity index (χ1) is 6.22. The van der Waals surface area contributed by atoms with Gasteiger partial charge in [0.25, 0.3) is 0 Å². The lowest BCUT2D eigenvalue weighted by molar-refractivity contribution is 0.159. The summed E-state index contributed by atoms with van der Waals surface area (Å²) in [6.07, 6.45) is -0.783. The van der Waals surface area contributed by atoms with Crippen LogP contribution in [0.2, 0.25) is 0 Å². The van der Waals surface area contributed by atoms with Gasteiger partial charge in [0, 0.05) is 14.1 Å². The second-order valence-electron chi connectivity index (χ2n) is 2.45. The summed E-state index contributed by atoms with van der Waals surface area (Å²) in [4.78, 5) is 16.2. The van der Waals surface area contributed by atoms with Gasteiger partial charge in [-0.25, -0.2) is 4.79 Å². The average Bonchev–Trinajstić information content (AvgIpc) is 1.99. The molecule has 0 aromatic rings. The molecule has 0 spiro atoms. The minimum Gasteiger partial charge on any atom is -0.443 e. The normalized spacial score (nSPS) is 12.6. The molecule has 0 fully saturated rings. The van der Waals surface area contributed by atoms with Crippen LogP contribution in [0.4, 0.5) is 4.79 Å². The number of ether oxygens (including phenoxy) is 1. The number of rotatable bonds is 1. The van der Waals surface area contributed by atoms with Crippen LogP contribution in [-0.2, 0) is 4.74 Å². The van der Waals surface area contributed by atoms with Crippen LogP contribution >= 0.6 is 57.4 Å². The molecule has 82 valence electrons. The zero-order valence-electron chi connectivity index (χ0n) is 7.43. The van der Waals surface area contributed by atoms with Crippen LogP contribution in [0.5, 0.6) is 0 Å². The molecular formula is C6H8Cl3IN2O2. The second-order valence-corrected chi connectivity index (χ2v) is 5.93. The first-order valence-electron chi connectivity index (χ1n) is 3.37. The molecule has 0 aliphatic heterocycles. The molecule has 0 N–H and O–H groups in total. The summed E-state index contributed by atoms with van der Waals surface area (Å²) < 4.78 is 3.45. The van der Waals surface area contributed by atoms with Crippen molar-refractivity contribution in [3.63, 3.8) is 0 Å². The SMILES string of the molecule is CN(C)C(I)=NC(=O)OCC(Cl)(Cl)Cl. The Morgan fingerprint density at radius 3 is 2.36 bits per heavy atom. The van der Waals surface area contributed by atoms with Crippen molar-refractivity contribution in [3.05, 3.63) is 0 Å². The molecule has 8 heteroatoms. The molecule has 0 saturated heterocycles. The predicted molar refractivity (Wildman–Crippen MR) is 66.8 cm³/mol. The Kier molecular flexibility index (Phi) is 6.43. The molecule has 14 heavy (non-hydrogen) atoms. The van der Waals surface area contributed by atoms with E-state index in [-0.39, 0.29) is 6.61 Å². The number of alkyl halides is 3. The van der Waals surface area contributed by atoms with Gasteiger partial charge in [-0.15, -0.1) is 0 Å². The maximum Gasteiger partial charge on any atom is 0.436 e. The molecule has 1 amide bonds. The van der Waals surface area contributed by atoms with Gasteiger partial charge in [0.1, 0.15) is 6.61 Å². The molecule has 0 aromatic heterocycles. The van der Waals surface area contributed by atoms with E-state index in [4.69, 9.17) is 34.8 Å². The van der Waals surface area contributed by atoms with Crippen molar-refractivity contribution in [2.24, 2.45) is 4.99 Å². The van der Waals surface area contributed by atoms with Crippen molar-refractivity contribution >= 4 is 67.3 Å². The maximum atomic E-state index is 11.0. The third-order valence-electron chi connectivity index (χ3n) is 0.912. The molecule has 0 aliphatic carbocycles. The average molecular weight is 373 g/mol. The summed E-state index contributed by atoms with van der Waals surface area (Å²) in [5.74, 6) is 0. The number of amides is 1. The number of amidine groups is 1. The van der Waals surface area contributed by atoms with Gasteiger partial charge >= 0.3 is 6.09 Å². The molecule has 0 atom stereocenters. The van der Waals surface area contributed by atoms with E-state index in [1.165, 1.54) is 0 Å². The topological polar surface area (TPSA) is 41.9 Å². The molecule has 0 radical (unpaired) electrons. The van der Waals surface area contributed by atoms with E-state index in [1.807, 2.05) is 22.6 Å². The largest absolute Gasteiger partial charge is 0.443 e.